The zero-order chi connectivity index (χ0) is 15.1. The van der Waals surface area contributed by atoms with Gasteiger partial charge in [-0.25, -0.2) is 0 Å². The number of hydrogen-bond acceptors (Lipinski definition) is 2. The normalized spacial score (nSPS) is 23.6. The first-order chi connectivity index (χ1) is 9.43. The number of nitrogens with one attached hydrogen (secondary N) is 1. The van der Waals surface area contributed by atoms with E-state index in [0.29, 0.717) is 36.0 Å². The van der Waals surface area contributed by atoms with Crippen LogP contribution in [0.4, 0.5) is 0 Å². The van der Waals surface area contributed by atoms with Crippen LogP contribution in [0.15, 0.2) is 0 Å². The molecule has 20 heavy (non-hydrogen) atoms. The van der Waals surface area contributed by atoms with Gasteiger partial charge in [-0.2, -0.15) is 0 Å². The number of amides is 1. The Bertz CT molecular complexity index is 273. The summed E-state index contributed by atoms with van der Waals surface area (Å²) in [6.45, 7) is 10.6. The van der Waals surface area contributed by atoms with Gasteiger partial charge in [0.1, 0.15) is 0 Å². The first kappa shape index (κ1) is 17.5. The van der Waals surface area contributed by atoms with Gasteiger partial charge in [-0.1, -0.05) is 27.7 Å². The third kappa shape index (κ3) is 5.82. The molecule has 1 fully saturated rings. The minimum atomic E-state index is 0.243. The molecule has 0 aromatic rings. The van der Waals surface area contributed by atoms with Crippen LogP contribution in [0.3, 0.4) is 0 Å². The van der Waals surface area contributed by atoms with Crippen molar-refractivity contribution in [3.05, 3.63) is 0 Å². The van der Waals surface area contributed by atoms with E-state index in [0.717, 1.165) is 13.1 Å². The zero-order valence-electron chi connectivity index (χ0n) is 13.8. The first-order valence-electron chi connectivity index (χ1n) is 8.40. The molecule has 0 aromatic heterocycles. The molecule has 0 unspecified atom stereocenters. The summed E-state index contributed by atoms with van der Waals surface area (Å²) in [4.78, 5) is 12.1. The average Bonchev–Trinajstić information content (AvgIpc) is 2.39. The maximum Gasteiger partial charge on any atom is 0.220 e. The van der Waals surface area contributed by atoms with Gasteiger partial charge in [-0.15, -0.1) is 0 Å². The fraction of sp³-hybridized carbons (Fsp3) is 0.941. The molecule has 0 radical (unpaired) electrons. The van der Waals surface area contributed by atoms with Crippen molar-refractivity contribution in [2.45, 2.75) is 59.8 Å². The Balaban J connectivity index is 2.26. The molecular formula is C17H34N2O. The van der Waals surface area contributed by atoms with Crippen molar-refractivity contribution >= 4 is 5.91 Å². The molecule has 0 heterocycles. The van der Waals surface area contributed by atoms with Crippen molar-refractivity contribution < 1.29 is 4.79 Å². The molecule has 1 saturated carbocycles. The summed E-state index contributed by atoms with van der Waals surface area (Å²) < 4.78 is 0. The van der Waals surface area contributed by atoms with Gasteiger partial charge in [0.05, 0.1) is 0 Å². The molecule has 0 spiro atoms. The van der Waals surface area contributed by atoms with Crippen LogP contribution in [-0.4, -0.2) is 19.0 Å². The Kier molecular flexibility index (Phi) is 7.57. The topological polar surface area (TPSA) is 55.1 Å². The van der Waals surface area contributed by atoms with Crippen LogP contribution in [0.1, 0.15) is 59.8 Å². The van der Waals surface area contributed by atoms with E-state index in [9.17, 15) is 4.79 Å². The van der Waals surface area contributed by atoms with E-state index in [2.05, 4.69) is 33.0 Å². The monoisotopic (exact) mass is 282 g/mol. The second-order valence-electron chi connectivity index (χ2n) is 7.28. The van der Waals surface area contributed by atoms with Gasteiger partial charge >= 0.3 is 0 Å². The lowest BCUT2D eigenvalue weighted by Gasteiger charge is -2.28. The van der Waals surface area contributed by atoms with Crippen LogP contribution in [0.2, 0.25) is 0 Å². The second-order valence-corrected chi connectivity index (χ2v) is 7.28. The summed E-state index contributed by atoms with van der Waals surface area (Å²) in [6, 6.07) is 0. The van der Waals surface area contributed by atoms with Crippen molar-refractivity contribution in [2.75, 3.05) is 13.1 Å². The third-order valence-electron chi connectivity index (χ3n) is 5.02. The summed E-state index contributed by atoms with van der Waals surface area (Å²) in [5.41, 5.74) is 5.71. The highest BCUT2D eigenvalue weighted by Gasteiger charge is 2.23. The van der Waals surface area contributed by atoms with Crippen LogP contribution in [0.25, 0.3) is 0 Å². The van der Waals surface area contributed by atoms with Crippen molar-refractivity contribution in [3.8, 4) is 0 Å². The van der Waals surface area contributed by atoms with Crippen molar-refractivity contribution in [2.24, 2.45) is 35.3 Å². The summed E-state index contributed by atoms with van der Waals surface area (Å²) in [6.07, 6.45) is 5.46. The molecule has 0 bridgehead atoms. The molecule has 1 rings (SSSR count). The van der Waals surface area contributed by atoms with Gasteiger partial charge in [0, 0.05) is 13.0 Å². The Hall–Kier alpha value is -0.570. The molecule has 3 N–H and O–H groups in total. The molecule has 0 aliphatic heterocycles. The van der Waals surface area contributed by atoms with Crippen LogP contribution in [0.5, 0.6) is 0 Å². The molecule has 1 aliphatic carbocycles. The Labute approximate surface area is 125 Å². The Morgan fingerprint density at radius 3 is 2.00 bits per heavy atom. The number of hydrogen-bond donors (Lipinski definition) is 2. The van der Waals surface area contributed by atoms with E-state index in [1.54, 1.807) is 0 Å². The minimum absolute atomic E-state index is 0.243. The van der Waals surface area contributed by atoms with E-state index in [1.807, 2.05) is 0 Å². The predicted octanol–water partition coefficient (Wildman–Crippen LogP) is 3.19. The van der Waals surface area contributed by atoms with Crippen molar-refractivity contribution in [1.82, 2.24) is 5.32 Å². The van der Waals surface area contributed by atoms with Crippen LogP contribution in [0, 0.1) is 29.6 Å². The molecular weight excluding hydrogens is 248 g/mol. The second kappa shape index (κ2) is 8.66. The van der Waals surface area contributed by atoms with E-state index < -0.39 is 0 Å². The largest absolute Gasteiger partial charge is 0.356 e. The molecule has 3 nitrogen and oxygen atoms in total. The lowest BCUT2D eigenvalue weighted by atomic mass is 9.80. The molecule has 0 aromatic carbocycles. The number of rotatable bonds is 7. The summed E-state index contributed by atoms with van der Waals surface area (Å²) in [5, 5.41) is 3.15. The van der Waals surface area contributed by atoms with Crippen molar-refractivity contribution in [1.29, 1.82) is 0 Å². The van der Waals surface area contributed by atoms with Gasteiger partial charge < -0.3 is 11.1 Å². The van der Waals surface area contributed by atoms with E-state index in [-0.39, 0.29) is 5.91 Å². The highest BCUT2D eigenvalue weighted by molar-refractivity contribution is 5.76. The molecule has 118 valence electrons. The average molecular weight is 282 g/mol. The van der Waals surface area contributed by atoms with Gasteiger partial charge in [0.25, 0.3) is 0 Å². The maximum atomic E-state index is 12.1. The third-order valence-corrected chi connectivity index (χ3v) is 5.02. The standard InChI is InChI=1S/C17H34N2O/c1-12(2)16(13(3)4)11-19-17(20)9-14-5-7-15(10-18)8-6-14/h12-16H,5-11,18H2,1-4H3,(H,19,20). The zero-order valence-corrected chi connectivity index (χ0v) is 13.8. The highest BCUT2D eigenvalue weighted by Crippen LogP contribution is 2.30. The van der Waals surface area contributed by atoms with Gasteiger partial charge in [0.15, 0.2) is 0 Å². The van der Waals surface area contributed by atoms with Crippen molar-refractivity contribution in [3.63, 3.8) is 0 Å². The summed E-state index contributed by atoms with van der Waals surface area (Å²) >= 11 is 0. The molecule has 0 saturated heterocycles. The predicted molar refractivity (Wildman–Crippen MR) is 85.3 cm³/mol. The fourth-order valence-electron chi connectivity index (χ4n) is 3.48. The maximum absolute atomic E-state index is 12.1. The van der Waals surface area contributed by atoms with E-state index in [4.69, 9.17) is 5.73 Å². The quantitative estimate of drug-likeness (QED) is 0.753. The Morgan fingerprint density at radius 1 is 1.05 bits per heavy atom. The summed E-state index contributed by atoms with van der Waals surface area (Å²) in [7, 11) is 0. The lowest BCUT2D eigenvalue weighted by Crippen LogP contribution is -2.35. The van der Waals surface area contributed by atoms with Crippen LogP contribution < -0.4 is 11.1 Å². The summed E-state index contributed by atoms with van der Waals surface area (Å²) in [5.74, 6) is 3.33. The highest BCUT2D eigenvalue weighted by atomic mass is 16.1. The Morgan fingerprint density at radius 2 is 1.55 bits per heavy atom. The van der Waals surface area contributed by atoms with Gasteiger partial charge in [0.2, 0.25) is 5.91 Å². The fourth-order valence-corrected chi connectivity index (χ4v) is 3.48. The molecule has 1 amide bonds. The van der Waals surface area contributed by atoms with Gasteiger partial charge in [-0.05, 0) is 61.8 Å². The SMILES string of the molecule is CC(C)C(CNC(=O)CC1CCC(CN)CC1)C(C)C. The van der Waals surface area contributed by atoms with Crippen LogP contribution in [-0.2, 0) is 4.79 Å². The van der Waals surface area contributed by atoms with Gasteiger partial charge in [-0.3, -0.25) is 4.79 Å². The lowest BCUT2D eigenvalue weighted by molar-refractivity contribution is -0.122. The first-order valence-corrected chi connectivity index (χ1v) is 8.40. The number of nitrogens with two attached hydrogens (primary N) is 1. The van der Waals surface area contributed by atoms with E-state index >= 15 is 0 Å². The number of carbonyl (C=O) groups is 1. The molecule has 3 heteroatoms. The smallest absolute Gasteiger partial charge is 0.220 e. The van der Waals surface area contributed by atoms with Crippen LogP contribution >= 0.6 is 0 Å². The van der Waals surface area contributed by atoms with E-state index in [1.165, 1.54) is 25.7 Å². The minimum Gasteiger partial charge on any atom is -0.356 e. The number of carbonyl (C=O) groups excluding carboxylic acids is 1. The molecule has 0 atom stereocenters. The molecule has 1 aliphatic rings.